The Kier molecular flexibility index (Phi) is 4.99. The van der Waals surface area contributed by atoms with Crippen molar-refractivity contribution in [1.29, 1.82) is 0 Å². The number of nitrogens with one attached hydrogen (secondary N) is 1. The van der Waals surface area contributed by atoms with E-state index in [-0.39, 0.29) is 16.3 Å². The molecule has 3 nitrogen and oxygen atoms in total. The van der Waals surface area contributed by atoms with Gasteiger partial charge >= 0.3 is 0 Å². The summed E-state index contributed by atoms with van der Waals surface area (Å²) in [5.41, 5.74) is 0.974. The first-order valence-electron chi connectivity index (χ1n) is 5.93. The molecule has 2 unspecified atom stereocenters. The molecule has 2 rings (SSSR count). The van der Waals surface area contributed by atoms with E-state index in [1.165, 1.54) is 0 Å². The van der Waals surface area contributed by atoms with Crippen molar-refractivity contribution in [2.45, 2.75) is 42.5 Å². The lowest BCUT2D eigenvalue weighted by atomic mass is 10.2. The molecule has 106 valence electrons. The first kappa shape index (κ1) is 15.8. The van der Waals surface area contributed by atoms with Crippen molar-refractivity contribution in [3.8, 4) is 0 Å². The number of benzene rings is 1. The number of sulfonamides is 1. The fraction of sp³-hybridized carbons (Fsp3) is 0.500. The molecular weight excluding hydrogens is 417 g/mol. The van der Waals surface area contributed by atoms with Gasteiger partial charge in [0.25, 0.3) is 0 Å². The normalized spacial score (nSPS) is 23.8. The van der Waals surface area contributed by atoms with E-state index in [2.05, 4.69) is 36.6 Å². The van der Waals surface area contributed by atoms with Crippen molar-refractivity contribution in [1.82, 2.24) is 4.72 Å². The average Bonchev–Trinajstić information content (AvgIpc) is 2.69. The topological polar surface area (TPSA) is 46.2 Å². The predicted octanol–water partition coefficient (Wildman–Crippen LogP) is 3.96. The van der Waals surface area contributed by atoms with Crippen LogP contribution in [0.5, 0.6) is 0 Å². The summed E-state index contributed by atoms with van der Waals surface area (Å²) in [6.07, 6.45) is 2.60. The van der Waals surface area contributed by atoms with Crippen molar-refractivity contribution >= 4 is 53.5 Å². The smallest absolute Gasteiger partial charge is 0.207 e. The molecule has 0 bridgehead atoms. The molecule has 0 amide bonds. The highest BCUT2D eigenvalue weighted by Gasteiger charge is 2.30. The Hall–Kier alpha value is 0.380. The van der Waals surface area contributed by atoms with Gasteiger partial charge < -0.3 is 0 Å². The van der Waals surface area contributed by atoms with Crippen molar-refractivity contribution < 1.29 is 8.42 Å². The molecule has 2 atom stereocenters. The molecule has 1 aliphatic carbocycles. The Morgan fingerprint density at radius 2 is 1.95 bits per heavy atom. The van der Waals surface area contributed by atoms with Gasteiger partial charge in [0.1, 0.15) is 0 Å². The molecule has 0 radical (unpaired) electrons. The highest BCUT2D eigenvalue weighted by Crippen LogP contribution is 2.31. The van der Waals surface area contributed by atoms with E-state index in [9.17, 15) is 8.42 Å². The third-order valence-electron chi connectivity index (χ3n) is 3.24. The predicted molar refractivity (Wildman–Crippen MR) is 84.2 cm³/mol. The fourth-order valence-corrected chi connectivity index (χ4v) is 5.55. The van der Waals surface area contributed by atoms with Gasteiger partial charge in [0.15, 0.2) is 0 Å². The van der Waals surface area contributed by atoms with E-state index >= 15 is 0 Å². The maximum Gasteiger partial charge on any atom is 0.242 e. The minimum absolute atomic E-state index is 0.123. The molecular formula is C12H14Br2ClNO2S. The van der Waals surface area contributed by atoms with E-state index in [1.807, 2.05) is 6.92 Å². The van der Waals surface area contributed by atoms with Gasteiger partial charge in [0.2, 0.25) is 10.0 Å². The van der Waals surface area contributed by atoms with Gasteiger partial charge in [0.05, 0.1) is 4.90 Å². The molecule has 1 fully saturated rings. The quantitative estimate of drug-likeness (QED) is 0.737. The molecule has 0 heterocycles. The Morgan fingerprint density at radius 1 is 1.26 bits per heavy atom. The summed E-state index contributed by atoms with van der Waals surface area (Å²) in [5.74, 6) is 0. The summed E-state index contributed by atoms with van der Waals surface area (Å²) in [4.78, 5) is 0.237. The van der Waals surface area contributed by atoms with Gasteiger partial charge in [-0.05, 0) is 53.4 Å². The van der Waals surface area contributed by atoms with E-state index in [1.54, 1.807) is 12.1 Å². The number of aryl methyl sites for hydroxylation is 1. The zero-order chi connectivity index (χ0) is 14.2. The van der Waals surface area contributed by atoms with Crippen LogP contribution in [0, 0.1) is 6.92 Å². The standard InChI is InChI=1S/C12H14Br2ClNO2S/c1-7-5-9(14)12(6-8(7)13)19(17,18)16-11-4-2-3-10(11)15/h5-6,10-11,16H,2-4H2,1H3. The summed E-state index contributed by atoms with van der Waals surface area (Å²) in [6, 6.07) is 3.21. The van der Waals surface area contributed by atoms with Crippen LogP contribution in [0.25, 0.3) is 0 Å². The Morgan fingerprint density at radius 3 is 2.53 bits per heavy atom. The Labute approximate surface area is 135 Å². The fourth-order valence-electron chi connectivity index (χ4n) is 2.14. The van der Waals surface area contributed by atoms with Crippen LogP contribution in [0.15, 0.2) is 26.0 Å². The van der Waals surface area contributed by atoms with Crippen LogP contribution in [-0.4, -0.2) is 19.8 Å². The van der Waals surface area contributed by atoms with Gasteiger partial charge in [-0.1, -0.05) is 22.4 Å². The molecule has 0 spiro atoms. The Bertz CT molecular complexity index is 592. The number of hydrogen-bond donors (Lipinski definition) is 1. The summed E-state index contributed by atoms with van der Waals surface area (Å²) in [6.45, 7) is 1.91. The number of halogens is 3. The maximum absolute atomic E-state index is 12.4. The monoisotopic (exact) mass is 429 g/mol. The lowest BCUT2D eigenvalue weighted by Crippen LogP contribution is -2.37. The maximum atomic E-state index is 12.4. The van der Waals surface area contributed by atoms with Crippen LogP contribution in [0.1, 0.15) is 24.8 Å². The summed E-state index contributed by atoms with van der Waals surface area (Å²) < 4.78 is 28.8. The zero-order valence-electron chi connectivity index (χ0n) is 10.3. The van der Waals surface area contributed by atoms with Gasteiger partial charge in [-0.3, -0.25) is 0 Å². The minimum Gasteiger partial charge on any atom is -0.207 e. The molecule has 0 saturated heterocycles. The molecule has 0 aromatic heterocycles. The lowest BCUT2D eigenvalue weighted by Gasteiger charge is -2.17. The third-order valence-corrected chi connectivity index (χ3v) is 7.07. The molecule has 7 heteroatoms. The Balaban J connectivity index is 2.32. The van der Waals surface area contributed by atoms with E-state index in [4.69, 9.17) is 11.6 Å². The van der Waals surface area contributed by atoms with Crippen LogP contribution in [-0.2, 0) is 10.0 Å². The lowest BCUT2D eigenvalue weighted by molar-refractivity contribution is 0.553. The van der Waals surface area contributed by atoms with Crippen LogP contribution < -0.4 is 4.72 Å². The van der Waals surface area contributed by atoms with Crippen LogP contribution in [0.4, 0.5) is 0 Å². The molecule has 1 aliphatic rings. The molecule has 1 aromatic rings. The van der Waals surface area contributed by atoms with Gasteiger partial charge in [-0.25, -0.2) is 13.1 Å². The van der Waals surface area contributed by atoms with Gasteiger partial charge in [0, 0.05) is 20.4 Å². The van der Waals surface area contributed by atoms with Crippen LogP contribution >= 0.6 is 43.5 Å². The van der Waals surface area contributed by atoms with Gasteiger partial charge in [-0.15, -0.1) is 11.6 Å². The van der Waals surface area contributed by atoms with Crippen molar-refractivity contribution in [3.05, 3.63) is 26.6 Å². The van der Waals surface area contributed by atoms with Crippen molar-refractivity contribution in [3.63, 3.8) is 0 Å². The second kappa shape index (κ2) is 6.02. The highest BCUT2D eigenvalue weighted by atomic mass is 79.9. The summed E-state index contributed by atoms with van der Waals surface area (Å²) in [7, 11) is -3.56. The third kappa shape index (κ3) is 3.53. The molecule has 0 aliphatic heterocycles. The van der Waals surface area contributed by atoms with Gasteiger partial charge in [-0.2, -0.15) is 0 Å². The zero-order valence-corrected chi connectivity index (χ0v) is 15.0. The first-order valence-corrected chi connectivity index (χ1v) is 9.44. The SMILES string of the molecule is Cc1cc(Br)c(S(=O)(=O)NC2CCCC2Cl)cc1Br. The summed E-state index contributed by atoms with van der Waals surface area (Å²) >= 11 is 12.8. The number of hydrogen-bond acceptors (Lipinski definition) is 2. The average molecular weight is 432 g/mol. The second-order valence-corrected chi connectivity index (χ2v) is 8.66. The van der Waals surface area contributed by atoms with E-state index < -0.39 is 10.0 Å². The van der Waals surface area contributed by atoms with E-state index in [0.717, 1.165) is 29.3 Å². The van der Waals surface area contributed by atoms with Crippen LogP contribution in [0.2, 0.25) is 0 Å². The van der Waals surface area contributed by atoms with Crippen LogP contribution in [0.3, 0.4) is 0 Å². The molecule has 1 aromatic carbocycles. The molecule has 1 N–H and O–H groups in total. The first-order chi connectivity index (χ1) is 8.81. The highest BCUT2D eigenvalue weighted by molar-refractivity contribution is 9.11. The van der Waals surface area contributed by atoms with Crippen molar-refractivity contribution in [2.75, 3.05) is 0 Å². The largest absolute Gasteiger partial charge is 0.242 e. The molecule has 1 saturated carbocycles. The number of rotatable bonds is 3. The summed E-state index contributed by atoms with van der Waals surface area (Å²) in [5, 5.41) is -0.123. The number of alkyl halides is 1. The minimum atomic E-state index is -3.56. The van der Waals surface area contributed by atoms with Crippen molar-refractivity contribution in [2.24, 2.45) is 0 Å². The molecule has 19 heavy (non-hydrogen) atoms. The van der Waals surface area contributed by atoms with E-state index in [0.29, 0.717) is 4.47 Å². The second-order valence-electron chi connectivity index (χ2n) is 4.71.